The number of carbonyl (C=O) groups is 2. The van der Waals surface area contributed by atoms with Gasteiger partial charge in [-0.05, 0) is 54.4 Å². The zero-order chi connectivity index (χ0) is 22.4. The summed E-state index contributed by atoms with van der Waals surface area (Å²) in [6.45, 7) is 2.12. The lowest BCUT2D eigenvalue weighted by molar-refractivity contribution is -0.123. The third kappa shape index (κ3) is 2.58. The first-order valence-electron chi connectivity index (χ1n) is 11.4. The molecule has 0 spiro atoms. The Morgan fingerprint density at radius 3 is 2.36 bits per heavy atom. The second-order valence-electron chi connectivity index (χ2n) is 9.66. The van der Waals surface area contributed by atoms with Gasteiger partial charge in [-0.25, -0.2) is 0 Å². The minimum Gasteiger partial charge on any atom is -0.307 e. The van der Waals surface area contributed by atoms with Gasteiger partial charge in [0.1, 0.15) is 0 Å². The van der Waals surface area contributed by atoms with E-state index in [9.17, 15) is 14.4 Å². The molecule has 166 valence electrons. The van der Waals surface area contributed by atoms with Crippen molar-refractivity contribution in [1.82, 2.24) is 4.98 Å². The number of nitrogens with zero attached hydrogens (tertiary/aromatic N) is 1. The van der Waals surface area contributed by atoms with E-state index in [2.05, 4.69) is 30.1 Å². The fourth-order valence-corrected chi connectivity index (χ4v) is 10.0. The number of aromatic nitrogens is 1. The number of benzene rings is 2. The van der Waals surface area contributed by atoms with E-state index in [-0.39, 0.29) is 57.4 Å². The highest BCUT2D eigenvalue weighted by Crippen LogP contribution is 2.68. The average Bonchev–Trinajstić information content (AvgIpc) is 3.54. The smallest absolute Gasteiger partial charge is 0.305 e. The Morgan fingerprint density at radius 2 is 1.61 bits per heavy atom. The molecule has 2 bridgehead atoms. The number of aryl methyl sites for hydroxylation is 1. The van der Waals surface area contributed by atoms with Gasteiger partial charge in [0.25, 0.3) is 0 Å². The van der Waals surface area contributed by atoms with Crippen LogP contribution in [0.5, 0.6) is 0 Å². The van der Waals surface area contributed by atoms with Crippen LogP contribution in [0.4, 0.5) is 5.69 Å². The summed E-state index contributed by atoms with van der Waals surface area (Å²) in [5, 5.41) is 1.19. The van der Waals surface area contributed by atoms with Gasteiger partial charge in [-0.3, -0.25) is 19.3 Å². The van der Waals surface area contributed by atoms with Gasteiger partial charge in [0, 0.05) is 16.0 Å². The fourth-order valence-electron chi connectivity index (χ4n) is 7.13. The SMILES string of the molecule is Cc1ccccc1C1c2sc(=O)[nH]c2SC2C1[C@H]1C[C@@H]2C2C(=O)N(c3ccccc3)C(=O)C21. The molecule has 5 unspecified atom stereocenters. The van der Waals surface area contributed by atoms with Crippen molar-refractivity contribution < 1.29 is 9.59 Å². The van der Waals surface area contributed by atoms with Crippen molar-refractivity contribution in [2.75, 3.05) is 4.90 Å². The van der Waals surface area contributed by atoms with Crippen molar-refractivity contribution in [2.45, 2.75) is 29.5 Å². The Bertz CT molecular complexity index is 1360. The Balaban J connectivity index is 1.36. The molecule has 1 aromatic heterocycles. The van der Waals surface area contributed by atoms with Gasteiger partial charge in [0.15, 0.2) is 0 Å². The van der Waals surface area contributed by atoms with Gasteiger partial charge in [-0.1, -0.05) is 53.8 Å². The van der Waals surface area contributed by atoms with E-state index in [4.69, 9.17) is 0 Å². The molecule has 0 radical (unpaired) electrons. The highest BCUT2D eigenvalue weighted by atomic mass is 32.2. The highest BCUT2D eigenvalue weighted by Gasteiger charge is 2.69. The minimum absolute atomic E-state index is 0.0268. The Hall–Kier alpha value is -2.64. The normalized spacial score (nSPS) is 33.8. The molecule has 2 aliphatic heterocycles. The average molecular weight is 475 g/mol. The number of anilines is 1. The number of rotatable bonds is 2. The van der Waals surface area contributed by atoms with Crippen LogP contribution in [0.15, 0.2) is 64.4 Å². The van der Waals surface area contributed by atoms with Gasteiger partial charge in [0.05, 0.1) is 22.5 Å². The number of amides is 2. The molecule has 1 N–H and O–H groups in total. The molecule has 2 aromatic carbocycles. The molecule has 3 aromatic rings. The number of carbonyl (C=O) groups excluding carboxylic acids is 2. The van der Waals surface area contributed by atoms with E-state index in [1.165, 1.54) is 27.4 Å². The van der Waals surface area contributed by atoms with Gasteiger partial charge in [-0.2, -0.15) is 0 Å². The largest absolute Gasteiger partial charge is 0.307 e. The zero-order valence-corrected chi connectivity index (χ0v) is 19.6. The quantitative estimate of drug-likeness (QED) is 0.558. The van der Waals surface area contributed by atoms with Crippen molar-refractivity contribution in [3.05, 3.63) is 80.3 Å². The predicted molar refractivity (Wildman–Crippen MR) is 129 cm³/mol. The first-order valence-corrected chi connectivity index (χ1v) is 13.1. The van der Waals surface area contributed by atoms with Crippen molar-refractivity contribution in [3.8, 4) is 0 Å². The summed E-state index contributed by atoms with van der Waals surface area (Å²) in [5.74, 6) is 0.0494. The van der Waals surface area contributed by atoms with E-state index in [0.717, 1.165) is 16.3 Å². The number of hydrogen-bond acceptors (Lipinski definition) is 5. The van der Waals surface area contributed by atoms with Crippen LogP contribution in [0.1, 0.15) is 28.3 Å². The molecule has 5 nitrogen and oxygen atoms in total. The molecular weight excluding hydrogens is 452 g/mol. The summed E-state index contributed by atoms with van der Waals surface area (Å²) in [6.07, 6.45) is 0.916. The van der Waals surface area contributed by atoms with E-state index < -0.39 is 0 Å². The minimum atomic E-state index is -0.256. The summed E-state index contributed by atoms with van der Waals surface area (Å²) < 4.78 is 0. The maximum absolute atomic E-state index is 13.7. The van der Waals surface area contributed by atoms with Gasteiger partial charge in [0.2, 0.25) is 11.8 Å². The third-order valence-electron chi connectivity index (χ3n) is 8.26. The standard InChI is InChI=1S/C26H22N2O3S2/c1-12-7-5-6-10-14(12)17-18-15-11-16(21(18)32-23-22(17)33-26(31)27-23)20-19(15)24(29)28(25(20)30)13-8-3-2-4-9-13/h2-10,15-21H,11H2,1H3,(H,27,31)/t15-,16-,17?,18?,19?,20?,21?/m1/s1. The van der Waals surface area contributed by atoms with Gasteiger partial charge in [-0.15, -0.1) is 11.8 Å². The number of imide groups is 1. The van der Waals surface area contributed by atoms with Crippen LogP contribution >= 0.6 is 23.1 Å². The number of nitrogens with one attached hydrogen (secondary N) is 1. The van der Waals surface area contributed by atoms with Gasteiger partial charge >= 0.3 is 4.87 Å². The van der Waals surface area contributed by atoms with Crippen molar-refractivity contribution in [3.63, 3.8) is 0 Å². The van der Waals surface area contributed by atoms with Crippen LogP contribution in [0, 0.1) is 36.5 Å². The number of thiazole rings is 1. The monoisotopic (exact) mass is 474 g/mol. The van der Waals surface area contributed by atoms with E-state index in [1.54, 1.807) is 11.8 Å². The van der Waals surface area contributed by atoms with E-state index >= 15 is 0 Å². The Labute approximate surface area is 199 Å². The summed E-state index contributed by atoms with van der Waals surface area (Å²) >= 11 is 3.05. The van der Waals surface area contributed by atoms with Crippen LogP contribution in [0.25, 0.3) is 0 Å². The number of fused-ring (bicyclic) bond motifs is 9. The zero-order valence-electron chi connectivity index (χ0n) is 17.9. The Morgan fingerprint density at radius 1 is 0.909 bits per heavy atom. The molecule has 7 rings (SSSR count). The predicted octanol–water partition coefficient (Wildman–Crippen LogP) is 4.42. The molecule has 7 atom stereocenters. The second kappa shape index (κ2) is 6.93. The molecule has 4 aliphatic rings. The fraction of sp³-hybridized carbons (Fsp3) is 0.346. The van der Waals surface area contributed by atoms with Crippen LogP contribution in [0.3, 0.4) is 0 Å². The summed E-state index contributed by atoms with van der Waals surface area (Å²) in [5.41, 5.74) is 3.12. The van der Waals surface area contributed by atoms with E-state index in [1.807, 2.05) is 36.4 Å². The first-order chi connectivity index (χ1) is 16.0. The summed E-state index contributed by atoms with van der Waals surface area (Å²) in [7, 11) is 0. The third-order valence-corrected chi connectivity index (χ3v) is 10.9. The lowest BCUT2D eigenvalue weighted by atomic mass is 9.67. The Kier molecular flexibility index (Phi) is 4.16. The second-order valence-corrected chi connectivity index (χ2v) is 11.9. The summed E-state index contributed by atoms with van der Waals surface area (Å²) in [4.78, 5) is 45.2. The number of thioether (sulfide) groups is 1. The van der Waals surface area contributed by atoms with Crippen LogP contribution in [-0.2, 0) is 9.59 Å². The lowest BCUT2D eigenvalue weighted by Gasteiger charge is -2.43. The molecule has 1 saturated heterocycles. The van der Waals surface area contributed by atoms with Crippen molar-refractivity contribution in [1.29, 1.82) is 0 Å². The maximum Gasteiger partial charge on any atom is 0.305 e. The van der Waals surface area contributed by atoms with Gasteiger partial charge < -0.3 is 4.98 Å². The highest BCUT2D eigenvalue weighted by molar-refractivity contribution is 8.00. The molecular formula is C26H22N2O3S2. The van der Waals surface area contributed by atoms with Crippen LogP contribution < -0.4 is 9.77 Å². The number of hydrogen-bond donors (Lipinski definition) is 1. The molecule has 7 heteroatoms. The number of para-hydroxylation sites is 1. The lowest BCUT2D eigenvalue weighted by Crippen LogP contribution is -2.42. The first kappa shape index (κ1) is 19.8. The van der Waals surface area contributed by atoms with Crippen molar-refractivity contribution >= 4 is 40.6 Å². The van der Waals surface area contributed by atoms with Crippen LogP contribution in [-0.4, -0.2) is 22.0 Å². The maximum atomic E-state index is 13.7. The topological polar surface area (TPSA) is 70.2 Å². The molecule has 33 heavy (non-hydrogen) atoms. The molecule has 3 heterocycles. The van der Waals surface area contributed by atoms with Crippen molar-refractivity contribution in [2.24, 2.45) is 29.6 Å². The number of H-pyrrole nitrogens is 1. The molecule has 3 fully saturated rings. The molecule has 2 amide bonds. The molecule has 2 saturated carbocycles. The molecule has 2 aliphatic carbocycles. The van der Waals surface area contributed by atoms with E-state index in [0.29, 0.717) is 5.69 Å². The number of aromatic amines is 1. The van der Waals surface area contributed by atoms with Crippen LogP contribution in [0.2, 0.25) is 0 Å². The summed E-state index contributed by atoms with van der Waals surface area (Å²) in [6, 6.07) is 17.7.